The van der Waals surface area contributed by atoms with E-state index < -0.39 is 4.92 Å². The van der Waals surface area contributed by atoms with Crippen LogP contribution in [0, 0.1) is 10.1 Å². The van der Waals surface area contributed by atoms with Crippen LogP contribution in [0.5, 0.6) is 0 Å². The Bertz CT molecular complexity index is 594. The first-order chi connectivity index (χ1) is 8.68. The summed E-state index contributed by atoms with van der Waals surface area (Å²) in [5.74, 6) is 0.255. The molecule has 18 heavy (non-hydrogen) atoms. The topological polar surface area (TPSA) is 81.5 Å². The molecule has 0 heterocycles. The molecule has 0 aliphatic heterocycles. The molecule has 0 aliphatic carbocycles. The van der Waals surface area contributed by atoms with Crippen LogP contribution >= 0.6 is 0 Å². The van der Waals surface area contributed by atoms with Gasteiger partial charge in [0.1, 0.15) is 11.5 Å². The van der Waals surface area contributed by atoms with Crippen LogP contribution in [0.2, 0.25) is 0 Å². The fraction of sp³-hybridized carbons (Fsp3) is 0. The van der Waals surface area contributed by atoms with Gasteiger partial charge >= 0.3 is 0 Å². The minimum Gasteiger partial charge on any atom is -0.383 e. The second-order valence-corrected chi connectivity index (χ2v) is 3.61. The number of rotatable bonds is 3. The summed E-state index contributed by atoms with van der Waals surface area (Å²) in [6, 6.07) is 15.4. The summed E-state index contributed by atoms with van der Waals surface area (Å²) in [4.78, 5) is 14.5. The lowest BCUT2D eigenvalue weighted by molar-refractivity contribution is -0.384. The van der Waals surface area contributed by atoms with Crippen LogP contribution in [-0.4, -0.2) is 10.8 Å². The van der Waals surface area contributed by atoms with Crippen molar-refractivity contribution in [3.8, 4) is 0 Å². The van der Waals surface area contributed by atoms with E-state index in [2.05, 4.69) is 4.99 Å². The fourth-order valence-electron chi connectivity index (χ4n) is 1.52. The van der Waals surface area contributed by atoms with E-state index in [1.165, 1.54) is 6.07 Å². The van der Waals surface area contributed by atoms with Gasteiger partial charge in [-0.15, -0.1) is 0 Å². The highest BCUT2D eigenvalue weighted by Crippen LogP contribution is 2.26. The molecule has 2 aromatic rings. The zero-order valence-electron chi connectivity index (χ0n) is 9.48. The Morgan fingerprint density at radius 3 is 2.33 bits per heavy atom. The molecule has 0 spiro atoms. The highest BCUT2D eigenvalue weighted by atomic mass is 16.6. The molecule has 5 nitrogen and oxygen atoms in total. The van der Waals surface area contributed by atoms with Gasteiger partial charge in [0.25, 0.3) is 5.69 Å². The third kappa shape index (κ3) is 2.52. The SMILES string of the molecule is NC(=Nc1ccccc1[N+](=O)[O-])c1ccccc1. The molecule has 0 saturated carbocycles. The maximum Gasteiger partial charge on any atom is 0.294 e. The quantitative estimate of drug-likeness (QED) is 0.388. The highest BCUT2D eigenvalue weighted by Gasteiger charge is 2.12. The lowest BCUT2D eigenvalue weighted by atomic mass is 10.2. The van der Waals surface area contributed by atoms with Crippen molar-refractivity contribution < 1.29 is 4.92 Å². The highest BCUT2D eigenvalue weighted by molar-refractivity contribution is 5.99. The van der Waals surface area contributed by atoms with E-state index in [1.54, 1.807) is 30.3 Å². The largest absolute Gasteiger partial charge is 0.383 e. The summed E-state index contributed by atoms with van der Waals surface area (Å²) in [7, 11) is 0. The number of nitro benzene ring substituents is 1. The van der Waals surface area contributed by atoms with E-state index >= 15 is 0 Å². The minimum atomic E-state index is -0.475. The van der Waals surface area contributed by atoms with Crippen LogP contribution < -0.4 is 5.73 Å². The smallest absolute Gasteiger partial charge is 0.294 e. The summed E-state index contributed by atoms with van der Waals surface area (Å²) in [6.07, 6.45) is 0. The van der Waals surface area contributed by atoms with E-state index in [0.29, 0.717) is 0 Å². The lowest BCUT2D eigenvalue weighted by Crippen LogP contribution is -2.12. The van der Waals surface area contributed by atoms with Gasteiger partial charge in [0.2, 0.25) is 0 Å². The molecule has 0 saturated heterocycles. The molecule has 2 N–H and O–H groups in total. The van der Waals surface area contributed by atoms with E-state index in [0.717, 1.165) is 5.56 Å². The van der Waals surface area contributed by atoms with Gasteiger partial charge in [-0.1, -0.05) is 42.5 Å². The molecule has 5 heteroatoms. The van der Waals surface area contributed by atoms with E-state index in [9.17, 15) is 10.1 Å². The van der Waals surface area contributed by atoms with Crippen molar-refractivity contribution in [3.63, 3.8) is 0 Å². The first kappa shape index (κ1) is 11.8. The second kappa shape index (κ2) is 5.09. The molecule has 0 unspecified atom stereocenters. The molecule has 0 atom stereocenters. The van der Waals surface area contributed by atoms with Crippen LogP contribution in [-0.2, 0) is 0 Å². The molecule has 2 aromatic carbocycles. The Labute approximate surface area is 104 Å². The molecule has 2 rings (SSSR count). The van der Waals surface area contributed by atoms with Gasteiger partial charge in [0.05, 0.1) is 4.92 Å². The standard InChI is InChI=1S/C13H11N3O2/c14-13(10-6-2-1-3-7-10)15-11-8-4-5-9-12(11)16(17)18/h1-9H,(H2,14,15). The third-order valence-corrected chi connectivity index (χ3v) is 2.39. The fourth-order valence-corrected chi connectivity index (χ4v) is 1.52. The van der Waals surface area contributed by atoms with Crippen molar-refractivity contribution in [1.29, 1.82) is 0 Å². The summed E-state index contributed by atoms with van der Waals surface area (Å²) in [5.41, 5.74) is 6.75. The average molecular weight is 241 g/mol. The lowest BCUT2D eigenvalue weighted by Gasteiger charge is -2.01. The molecular formula is C13H11N3O2. The zero-order valence-corrected chi connectivity index (χ0v) is 9.48. The van der Waals surface area contributed by atoms with Gasteiger partial charge in [-0.25, -0.2) is 4.99 Å². The van der Waals surface area contributed by atoms with Crippen LogP contribution in [0.4, 0.5) is 11.4 Å². The average Bonchev–Trinajstić information content (AvgIpc) is 2.40. The van der Waals surface area contributed by atoms with Crippen molar-refractivity contribution in [2.24, 2.45) is 10.7 Å². The Balaban J connectivity index is 2.42. The molecule has 0 amide bonds. The van der Waals surface area contributed by atoms with Crippen molar-refractivity contribution in [2.75, 3.05) is 0 Å². The second-order valence-electron chi connectivity index (χ2n) is 3.61. The predicted molar refractivity (Wildman–Crippen MR) is 69.9 cm³/mol. The number of amidine groups is 1. The Kier molecular flexibility index (Phi) is 3.33. The first-order valence-electron chi connectivity index (χ1n) is 5.31. The van der Waals surface area contributed by atoms with Gasteiger partial charge in [0.15, 0.2) is 0 Å². The van der Waals surface area contributed by atoms with Crippen LogP contribution in [0.1, 0.15) is 5.56 Å². The van der Waals surface area contributed by atoms with Gasteiger partial charge in [-0.2, -0.15) is 0 Å². The maximum atomic E-state index is 10.8. The van der Waals surface area contributed by atoms with Crippen molar-refractivity contribution in [1.82, 2.24) is 0 Å². The van der Waals surface area contributed by atoms with Gasteiger partial charge < -0.3 is 5.73 Å². The summed E-state index contributed by atoms with van der Waals surface area (Å²) < 4.78 is 0. The summed E-state index contributed by atoms with van der Waals surface area (Å²) >= 11 is 0. The summed E-state index contributed by atoms with van der Waals surface area (Å²) in [6.45, 7) is 0. The molecule has 0 bridgehead atoms. The van der Waals surface area contributed by atoms with Crippen LogP contribution in [0.25, 0.3) is 0 Å². The van der Waals surface area contributed by atoms with Crippen LogP contribution in [0.15, 0.2) is 59.6 Å². The third-order valence-electron chi connectivity index (χ3n) is 2.39. The zero-order chi connectivity index (χ0) is 13.0. The monoisotopic (exact) mass is 241 g/mol. The Morgan fingerprint density at radius 2 is 1.67 bits per heavy atom. The van der Waals surface area contributed by atoms with E-state index in [-0.39, 0.29) is 17.2 Å². The Hall–Kier alpha value is -2.69. The summed E-state index contributed by atoms with van der Waals surface area (Å²) in [5, 5.41) is 10.8. The van der Waals surface area contributed by atoms with E-state index in [4.69, 9.17) is 5.73 Å². The number of para-hydroxylation sites is 2. The number of nitro groups is 1. The first-order valence-corrected chi connectivity index (χ1v) is 5.31. The normalized spacial score (nSPS) is 11.2. The Morgan fingerprint density at radius 1 is 1.06 bits per heavy atom. The molecule has 0 radical (unpaired) electrons. The van der Waals surface area contributed by atoms with Crippen molar-refractivity contribution in [2.45, 2.75) is 0 Å². The van der Waals surface area contributed by atoms with Crippen LogP contribution in [0.3, 0.4) is 0 Å². The van der Waals surface area contributed by atoms with Crippen molar-refractivity contribution in [3.05, 3.63) is 70.3 Å². The number of hydrogen-bond donors (Lipinski definition) is 1. The number of aliphatic imine (C=N–C) groups is 1. The number of nitrogens with two attached hydrogens (primary N) is 1. The molecule has 0 aromatic heterocycles. The molecule has 0 aliphatic rings. The predicted octanol–water partition coefficient (Wildman–Crippen LogP) is 2.63. The number of benzene rings is 2. The minimum absolute atomic E-state index is 0.0589. The van der Waals surface area contributed by atoms with Gasteiger partial charge in [-0.05, 0) is 6.07 Å². The van der Waals surface area contributed by atoms with Gasteiger partial charge in [-0.3, -0.25) is 10.1 Å². The van der Waals surface area contributed by atoms with E-state index in [1.807, 2.05) is 18.2 Å². The number of nitrogens with zero attached hydrogens (tertiary/aromatic N) is 2. The van der Waals surface area contributed by atoms with Crippen molar-refractivity contribution >= 4 is 17.2 Å². The van der Waals surface area contributed by atoms with Gasteiger partial charge in [0, 0.05) is 11.6 Å². The molecule has 90 valence electrons. The molecular weight excluding hydrogens is 230 g/mol. The maximum absolute atomic E-state index is 10.8. The molecule has 0 fully saturated rings. The number of hydrogen-bond acceptors (Lipinski definition) is 3.